The standard InChI is InChI=1S/C10H13NO/c1-10(2)8-6-4-3-5-7(8)9(12)11-10/h5-6H,3-4H2,1-2H3,(H,11,12). The molecule has 1 heterocycles. The van der Waals surface area contributed by atoms with Crippen LogP contribution < -0.4 is 5.32 Å². The maximum atomic E-state index is 11.4. The molecule has 0 spiro atoms. The molecule has 2 heteroatoms. The minimum absolute atomic E-state index is 0.0888. The normalized spacial score (nSPS) is 25.7. The Labute approximate surface area is 72.3 Å². The van der Waals surface area contributed by atoms with Gasteiger partial charge >= 0.3 is 0 Å². The van der Waals surface area contributed by atoms with Gasteiger partial charge in [-0.1, -0.05) is 12.2 Å². The fourth-order valence-electron chi connectivity index (χ4n) is 1.90. The van der Waals surface area contributed by atoms with Crippen LogP contribution in [0.5, 0.6) is 0 Å². The van der Waals surface area contributed by atoms with Crippen molar-refractivity contribution in [1.29, 1.82) is 0 Å². The second kappa shape index (κ2) is 2.22. The van der Waals surface area contributed by atoms with Crippen molar-refractivity contribution in [3.05, 3.63) is 23.3 Å². The third-order valence-corrected chi connectivity index (χ3v) is 2.50. The van der Waals surface area contributed by atoms with Gasteiger partial charge in [0.2, 0.25) is 0 Å². The molecular weight excluding hydrogens is 150 g/mol. The molecule has 0 atom stereocenters. The molecule has 2 rings (SSSR count). The maximum Gasteiger partial charge on any atom is 0.251 e. The average molecular weight is 163 g/mol. The van der Waals surface area contributed by atoms with Crippen molar-refractivity contribution in [3.63, 3.8) is 0 Å². The molecule has 1 amide bonds. The molecular formula is C10H13NO. The number of carbonyl (C=O) groups is 1. The van der Waals surface area contributed by atoms with Gasteiger partial charge in [-0.15, -0.1) is 0 Å². The Morgan fingerprint density at radius 3 is 2.67 bits per heavy atom. The molecule has 2 aliphatic rings. The molecule has 2 nitrogen and oxygen atoms in total. The summed E-state index contributed by atoms with van der Waals surface area (Å²) in [6, 6.07) is 0. The van der Waals surface area contributed by atoms with Gasteiger partial charge in [0.25, 0.3) is 5.91 Å². The Balaban J connectivity index is 2.48. The summed E-state index contributed by atoms with van der Waals surface area (Å²) in [5.74, 6) is 0.0888. The first-order valence-corrected chi connectivity index (χ1v) is 4.35. The van der Waals surface area contributed by atoms with Crippen LogP contribution in [0.1, 0.15) is 26.7 Å². The van der Waals surface area contributed by atoms with Gasteiger partial charge in [-0.2, -0.15) is 0 Å². The first-order valence-electron chi connectivity index (χ1n) is 4.35. The van der Waals surface area contributed by atoms with E-state index in [1.165, 1.54) is 5.57 Å². The van der Waals surface area contributed by atoms with E-state index in [0.29, 0.717) is 0 Å². The predicted octanol–water partition coefficient (Wildman–Crippen LogP) is 1.54. The zero-order valence-electron chi connectivity index (χ0n) is 7.48. The molecule has 1 aliphatic heterocycles. The summed E-state index contributed by atoms with van der Waals surface area (Å²) in [6.45, 7) is 4.09. The molecule has 1 saturated heterocycles. The summed E-state index contributed by atoms with van der Waals surface area (Å²) in [4.78, 5) is 11.4. The molecule has 64 valence electrons. The van der Waals surface area contributed by atoms with Crippen molar-refractivity contribution in [2.75, 3.05) is 0 Å². The van der Waals surface area contributed by atoms with Crippen LogP contribution in [0.25, 0.3) is 0 Å². The Morgan fingerprint density at radius 1 is 1.33 bits per heavy atom. The van der Waals surface area contributed by atoms with Gasteiger partial charge in [0.1, 0.15) is 0 Å². The zero-order valence-corrected chi connectivity index (χ0v) is 7.48. The van der Waals surface area contributed by atoms with E-state index in [1.54, 1.807) is 0 Å². The smallest absolute Gasteiger partial charge is 0.251 e. The largest absolute Gasteiger partial charge is 0.343 e. The van der Waals surface area contributed by atoms with Crippen molar-refractivity contribution in [2.45, 2.75) is 32.2 Å². The van der Waals surface area contributed by atoms with E-state index in [1.807, 2.05) is 19.9 Å². The number of hydrogen-bond donors (Lipinski definition) is 1. The molecule has 0 aromatic carbocycles. The fraction of sp³-hybridized carbons (Fsp3) is 0.500. The molecule has 1 N–H and O–H groups in total. The summed E-state index contributed by atoms with van der Waals surface area (Å²) in [5.41, 5.74) is 1.92. The van der Waals surface area contributed by atoms with Crippen LogP contribution in [0.2, 0.25) is 0 Å². The van der Waals surface area contributed by atoms with Gasteiger partial charge in [-0.25, -0.2) is 0 Å². The van der Waals surface area contributed by atoms with E-state index >= 15 is 0 Å². The van der Waals surface area contributed by atoms with Crippen LogP contribution in [0.15, 0.2) is 23.3 Å². The highest BCUT2D eigenvalue weighted by atomic mass is 16.2. The first kappa shape index (κ1) is 7.59. The van der Waals surface area contributed by atoms with Gasteiger partial charge in [0.05, 0.1) is 5.54 Å². The summed E-state index contributed by atoms with van der Waals surface area (Å²) < 4.78 is 0. The second-order valence-electron chi connectivity index (χ2n) is 3.89. The monoisotopic (exact) mass is 163 g/mol. The zero-order chi connectivity index (χ0) is 8.77. The van der Waals surface area contributed by atoms with E-state index in [9.17, 15) is 4.79 Å². The first-order chi connectivity index (χ1) is 5.61. The molecule has 0 bridgehead atoms. The number of nitrogens with one attached hydrogen (secondary N) is 1. The quantitative estimate of drug-likeness (QED) is 0.576. The van der Waals surface area contributed by atoms with Crippen molar-refractivity contribution in [3.8, 4) is 0 Å². The molecule has 0 radical (unpaired) electrons. The molecule has 0 aromatic rings. The van der Waals surface area contributed by atoms with E-state index in [0.717, 1.165) is 18.4 Å². The predicted molar refractivity (Wildman–Crippen MR) is 47.6 cm³/mol. The molecule has 1 aliphatic carbocycles. The van der Waals surface area contributed by atoms with Crippen molar-refractivity contribution in [2.24, 2.45) is 0 Å². The number of allylic oxidation sites excluding steroid dienone is 2. The lowest BCUT2D eigenvalue weighted by atomic mass is 9.88. The molecule has 0 unspecified atom stereocenters. The van der Waals surface area contributed by atoms with Crippen LogP contribution in [-0.4, -0.2) is 11.4 Å². The lowest BCUT2D eigenvalue weighted by Crippen LogP contribution is -2.35. The Hall–Kier alpha value is -1.05. The third kappa shape index (κ3) is 0.909. The van der Waals surface area contributed by atoms with Crippen LogP contribution in [0.3, 0.4) is 0 Å². The van der Waals surface area contributed by atoms with Crippen LogP contribution >= 0.6 is 0 Å². The van der Waals surface area contributed by atoms with E-state index in [4.69, 9.17) is 0 Å². The van der Waals surface area contributed by atoms with E-state index < -0.39 is 0 Å². The molecule has 0 aromatic heterocycles. The second-order valence-corrected chi connectivity index (χ2v) is 3.89. The van der Waals surface area contributed by atoms with Crippen LogP contribution in [-0.2, 0) is 4.79 Å². The van der Waals surface area contributed by atoms with Crippen molar-refractivity contribution < 1.29 is 4.79 Å². The Morgan fingerprint density at radius 2 is 2.00 bits per heavy atom. The van der Waals surface area contributed by atoms with Crippen LogP contribution in [0.4, 0.5) is 0 Å². The van der Waals surface area contributed by atoms with E-state index in [2.05, 4.69) is 11.4 Å². The highest BCUT2D eigenvalue weighted by Crippen LogP contribution is 2.33. The lowest BCUT2D eigenvalue weighted by Gasteiger charge is -2.20. The Bertz CT molecular complexity index is 297. The molecule has 0 saturated carbocycles. The fourth-order valence-corrected chi connectivity index (χ4v) is 1.90. The number of carbonyl (C=O) groups excluding carboxylic acids is 1. The van der Waals surface area contributed by atoms with Gasteiger partial charge in [-0.3, -0.25) is 4.79 Å². The number of rotatable bonds is 0. The average Bonchev–Trinajstić information content (AvgIpc) is 2.25. The molecule has 12 heavy (non-hydrogen) atoms. The van der Waals surface area contributed by atoms with E-state index in [-0.39, 0.29) is 11.4 Å². The molecule has 1 fully saturated rings. The summed E-state index contributed by atoms with van der Waals surface area (Å²) in [5, 5.41) is 2.96. The Kier molecular flexibility index (Phi) is 1.40. The van der Waals surface area contributed by atoms with Gasteiger partial charge < -0.3 is 5.32 Å². The summed E-state index contributed by atoms with van der Waals surface area (Å²) in [6.07, 6.45) is 6.28. The highest BCUT2D eigenvalue weighted by molar-refractivity contribution is 6.03. The van der Waals surface area contributed by atoms with Crippen molar-refractivity contribution in [1.82, 2.24) is 5.32 Å². The lowest BCUT2D eigenvalue weighted by molar-refractivity contribution is -0.116. The van der Waals surface area contributed by atoms with Gasteiger partial charge in [0, 0.05) is 5.57 Å². The van der Waals surface area contributed by atoms with Crippen molar-refractivity contribution >= 4 is 5.91 Å². The SMILES string of the molecule is CC1(C)NC(=O)C2=CCCC=C21. The topological polar surface area (TPSA) is 29.1 Å². The minimum Gasteiger partial charge on any atom is -0.343 e. The number of fused-ring (bicyclic) bond motifs is 1. The number of amides is 1. The highest BCUT2D eigenvalue weighted by Gasteiger charge is 2.38. The summed E-state index contributed by atoms with van der Waals surface area (Å²) in [7, 11) is 0. The third-order valence-electron chi connectivity index (χ3n) is 2.50. The summed E-state index contributed by atoms with van der Waals surface area (Å²) >= 11 is 0. The number of hydrogen-bond acceptors (Lipinski definition) is 1. The van der Waals surface area contributed by atoms with Gasteiger partial charge in [0.15, 0.2) is 0 Å². The van der Waals surface area contributed by atoms with Crippen LogP contribution in [0, 0.1) is 0 Å². The maximum absolute atomic E-state index is 11.4. The minimum atomic E-state index is -0.149. The van der Waals surface area contributed by atoms with Gasteiger partial charge in [-0.05, 0) is 32.3 Å².